The number of para-hydroxylation sites is 1. The SMILES string of the molecule is Cc1ncsc1CN(C)C(=O)c1cccc2c1[nH]c(=O)n2CC(C)(C)C. The zero-order valence-electron chi connectivity index (χ0n) is 15.8. The minimum absolute atomic E-state index is 0.0422. The first-order chi connectivity index (χ1) is 12.2. The van der Waals surface area contributed by atoms with Crippen molar-refractivity contribution in [1.29, 1.82) is 0 Å². The van der Waals surface area contributed by atoms with Gasteiger partial charge in [0.15, 0.2) is 0 Å². The number of amides is 1. The first kappa shape index (κ1) is 18.4. The molecule has 0 unspecified atom stereocenters. The lowest BCUT2D eigenvalue weighted by Crippen LogP contribution is -2.26. The fraction of sp³-hybridized carbons (Fsp3) is 0.421. The smallest absolute Gasteiger partial charge is 0.326 e. The second-order valence-electron chi connectivity index (χ2n) is 7.80. The van der Waals surface area contributed by atoms with E-state index in [1.165, 1.54) is 0 Å². The number of nitrogens with one attached hydrogen (secondary N) is 1. The highest BCUT2D eigenvalue weighted by molar-refractivity contribution is 7.09. The molecule has 2 heterocycles. The number of aromatic amines is 1. The van der Waals surface area contributed by atoms with Crippen LogP contribution in [0.5, 0.6) is 0 Å². The van der Waals surface area contributed by atoms with Crippen LogP contribution in [0.25, 0.3) is 11.0 Å². The molecule has 1 amide bonds. The van der Waals surface area contributed by atoms with E-state index in [0.29, 0.717) is 24.2 Å². The summed E-state index contributed by atoms with van der Waals surface area (Å²) >= 11 is 1.54. The molecule has 3 rings (SSSR count). The molecule has 0 saturated heterocycles. The number of hydrogen-bond acceptors (Lipinski definition) is 4. The lowest BCUT2D eigenvalue weighted by molar-refractivity contribution is 0.0788. The third kappa shape index (κ3) is 3.58. The summed E-state index contributed by atoms with van der Waals surface area (Å²) in [6, 6.07) is 5.47. The molecule has 0 saturated carbocycles. The zero-order chi connectivity index (χ0) is 19.1. The summed E-state index contributed by atoms with van der Waals surface area (Å²) in [4.78, 5) is 35.2. The summed E-state index contributed by atoms with van der Waals surface area (Å²) in [6.07, 6.45) is 0. The van der Waals surface area contributed by atoms with Crippen LogP contribution in [0.15, 0.2) is 28.5 Å². The van der Waals surface area contributed by atoms with Gasteiger partial charge in [0, 0.05) is 18.5 Å². The van der Waals surface area contributed by atoms with Gasteiger partial charge in [-0.15, -0.1) is 11.3 Å². The number of nitrogens with zero attached hydrogens (tertiary/aromatic N) is 3. The number of imidazole rings is 1. The van der Waals surface area contributed by atoms with E-state index in [0.717, 1.165) is 16.1 Å². The summed E-state index contributed by atoms with van der Waals surface area (Å²) in [7, 11) is 1.77. The van der Waals surface area contributed by atoms with Crippen LogP contribution in [0.1, 0.15) is 41.7 Å². The molecule has 0 fully saturated rings. The maximum absolute atomic E-state index is 13.0. The van der Waals surface area contributed by atoms with E-state index in [2.05, 4.69) is 30.7 Å². The molecule has 0 radical (unpaired) electrons. The van der Waals surface area contributed by atoms with Gasteiger partial charge in [0.2, 0.25) is 0 Å². The van der Waals surface area contributed by atoms with Crippen LogP contribution in [0.4, 0.5) is 0 Å². The van der Waals surface area contributed by atoms with Gasteiger partial charge in [-0.1, -0.05) is 26.8 Å². The summed E-state index contributed by atoms with van der Waals surface area (Å²) < 4.78 is 1.71. The largest absolute Gasteiger partial charge is 0.336 e. The molecule has 7 heteroatoms. The Morgan fingerprint density at radius 1 is 1.35 bits per heavy atom. The topological polar surface area (TPSA) is 71.0 Å². The quantitative estimate of drug-likeness (QED) is 0.763. The normalized spacial score (nSPS) is 11.9. The van der Waals surface area contributed by atoms with Crippen molar-refractivity contribution < 1.29 is 4.79 Å². The number of benzene rings is 1. The second kappa shape index (κ2) is 6.72. The average molecular weight is 372 g/mol. The molecular formula is C19H24N4O2S. The molecule has 1 aromatic carbocycles. The van der Waals surface area contributed by atoms with Crippen LogP contribution in [-0.4, -0.2) is 32.4 Å². The third-order valence-corrected chi connectivity index (χ3v) is 5.17. The number of carbonyl (C=O) groups excluding carboxylic acids is 1. The lowest BCUT2D eigenvalue weighted by Gasteiger charge is -2.19. The molecule has 3 aromatic rings. The molecule has 138 valence electrons. The van der Waals surface area contributed by atoms with Crippen molar-refractivity contribution in [2.24, 2.45) is 5.41 Å². The molecule has 0 atom stereocenters. The van der Waals surface area contributed by atoms with Crippen LogP contribution < -0.4 is 5.69 Å². The van der Waals surface area contributed by atoms with Crippen molar-refractivity contribution in [2.75, 3.05) is 7.05 Å². The predicted molar refractivity (Wildman–Crippen MR) is 105 cm³/mol. The Hall–Kier alpha value is -2.41. The fourth-order valence-corrected chi connectivity index (χ4v) is 3.79. The maximum atomic E-state index is 13.0. The monoisotopic (exact) mass is 372 g/mol. The summed E-state index contributed by atoms with van der Waals surface area (Å²) in [5.41, 5.74) is 4.37. The Kier molecular flexibility index (Phi) is 4.75. The number of hydrogen-bond donors (Lipinski definition) is 1. The van der Waals surface area contributed by atoms with E-state index >= 15 is 0 Å². The number of aryl methyl sites for hydroxylation is 1. The van der Waals surface area contributed by atoms with Crippen molar-refractivity contribution in [2.45, 2.75) is 40.8 Å². The molecule has 0 bridgehead atoms. The molecule has 0 spiro atoms. The van der Waals surface area contributed by atoms with Crippen LogP contribution in [0.2, 0.25) is 0 Å². The van der Waals surface area contributed by atoms with Crippen LogP contribution in [0.3, 0.4) is 0 Å². The standard InChI is InChI=1S/C19H24N4O2S/c1-12-15(26-11-20-12)9-22(5)17(24)13-7-6-8-14-16(13)21-18(25)23(14)10-19(2,3)4/h6-8,11H,9-10H2,1-5H3,(H,21,25). The maximum Gasteiger partial charge on any atom is 0.326 e. The van der Waals surface area contributed by atoms with Crippen molar-refractivity contribution in [1.82, 2.24) is 19.4 Å². The van der Waals surface area contributed by atoms with Crippen LogP contribution in [0, 0.1) is 12.3 Å². The second-order valence-corrected chi connectivity index (χ2v) is 8.74. The number of carbonyl (C=O) groups is 1. The minimum Gasteiger partial charge on any atom is -0.336 e. The van der Waals surface area contributed by atoms with E-state index in [1.54, 1.807) is 39.4 Å². The summed E-state index contributed by atoms with van der Waals surface area (Å²) in [6.45, 7) is 9.27. The lowest BCUT2D eigenvalue weighted by atomic mass is 9.97. The van der Waals surface area contributed by atoms with E-state index < -0.39 is 0 Å². The molecular weight excluding hydrogens is 348 g/mol. The van der Waals surface area contributed by atoms with Gasteiger partial charge in [0.05, 0.1) is 34.3 Å². The van der Waals surface area contributed by atoms with Crippen molar-refractivity contribution in [3.63, 3.8) is 0 Å². The van der Waals surface area contributed by atoms with Crippen molar-refractivity contribution >= 4 is 28.3 Å². The molecule has 26 heavy (non-hydrogen) atoms. The van der Waals surface area contributed by atoms with Crippen molar-refractivity contribution in [3.8, 4) is 0 Å². The number of H-pyrrole nitrogens is 1. The van der Waals surface area contributed by atoms with Crippen molar-refractivity contribution in [3.05, 3.63) is 50.3 Å². The van der Waals surface area contributed by atoms with E-state index in [1.807, 2.05) is 19.1 Å². The summed E-state index contributed by atoms with van der Waals surface area (Å²) in [5, 5.41) is 0. The first-order valence-electron chi connectivity index (χ1n) is 8.53. The van der Waals surface area contributed by atoms with Gasteiger partial charge in [0.1, 0.15) is 0 Å². The third-order valence-electron chi connectivity index (χ3n) is 4.25. The van der Waals surface area contributed by atoms with Gasteiger partial charge in [-0.3, -0.25) is 9.36 Å². The van der Waals surface area contributed by atoms with Crippen LogP contribution in [-0.2, 0) is 13.1 Å². The Balaban J connectivity index is 1.97. The van der Waals surface area contributed by atoms with E-state index in [-0.39, 0.29) is 17.0 Å². The number of aromatic nitrogens is 3. The fourth-order valence-electron chi connectivity index (χ4n) is 2.96. The average Bonchev–Trinajstić information content (AvgIpc) is 3.09. The Labute approximate surface area is 156 Å². The molecule has 6 nitrogen and oxygen atoms in total. The highest BCUT2D eigenvalue weighted by Crippen LogP contribution is 2.22. The molecule has 0 aliphatic rings. The Bertz CT molecular complexity index is 1010. The Morgan fingerprint density at radius 2 is 2.08 bits per heavy atom. The van der Waals surface area contributed by atoms with Gasteiger partial charge in [0.25, 0.3) is 5.91 Å². The van der Waals surface area contributed by atoms with E-state index in [4.69, 9.17) is 0 Å². The van der Waals surface area contributed by atoms with Gasteiger partial charge in [-0.05, 0) is 24.5 Å². The zero-order valence-corrected chi connectivity index (χ0v) is 16.6. The molecule has 0 aliphatic heterocycles. The number of rotatable bonds is 4. The number of thiazole rings is 1. The predicted octanol–water partition coefficient (Wildman–Crippen LogP) is 3.41. The minimum atomic E-state index is -0.184. The highest BCUT2D eigenvalue weighted by atomic mass is 32.1. The molecule has 2 aromatic heterocycles. The molecule has 0 aliphatic carbocycles. The van der Waals surface area contributed by atoms with Gasteiger partial charge in [-0.25, -0.2) is 9.78 Å². The highest BCUT2D eigenvalue weighted by Gasteiger charge is 2.21. The summed E-state index contributed by atoms with van der Waals surface area (Å²) in [5.74, 6) is -0.118. The van der Waals surface area contributed by atoms with Gasteiger partial charge < -0.3 is 9.88 Å². The van der Waals surface area contributed by atoms with Gasteiger partial charge in [-0.2, -0.15) is 0 Å². The first-order valence-corrected chi connectivity index (χ1v) is 9.41. The molecule has 1 N–H and O–H groups in total. The van der Waals surface area contributed by atoms with Gasteiger partial charge >= 0.3 is 5.69 Å². The Morgan fingerprint density at radius 3 is 2.69 bits per heavy atom. The van der Waals surface area contributed by atoms with E-state index in [9.17, 15) is 9.59 Å². The van der Waals surface area contributed by atoms with Crippen LogP contribution >= 0.6 is 11.3 Å². The number of fused-ring (bicyclic) bond motifs is 1.